The Morgan fingerprint density at radius 2 is 1.97 bits per heavy atom. The first-order valence-corrected chi connectivity index (χ1v) is 11.3. The van der Waals surface area contributed by atoms with Gasteiger partial charge in [0.25, 0.3) is 5.92 Å². The molecule has 10 heteroatoms. The van der Waals surface area contributed by atoms with Crippen molar-refractivity contribution < 1.29 is 13.5 Å². The number of alkyl halides is 2. The normalized spacial score (nSPS) is 26.4. The molecule has 166 valence electrons. The summed E-state index contributed by atoms with van der Waals surface area (Å²) in [7, 11) is 0. The molecule has 1 aromatic heterocycles. The van der Waals surface area contributed by atoms with Crippen molar-refractivity contribution in [2.75, 3.05) is 36.9 Å². The highest BCUT2D eigenvalue weighted by Crippen LogP contribution is 2.51. The van der Waals surface area contributed by atoms with Crippen molar-refractivity contribution in [3.05, 3.63) is 35.5 Å². The van der Waals surface area contributed by atoms with Gasteiger partial charge in [-0.25, -0.2) is 18.7 Å². The van der Waals surface area contributed by atoms with Crippen molar-refractivity contribution in [3.63, 3.8) is 0 Å². The van der Waals surface area contributed by atoms with Crippen molar-refractivity contribution in [1.82, 2.24) is 9.97 Å². The monoisotopic (exact) mass is 448 g/mol. The van der Waals surface area contributed by atoms with Crippen LogP contribution < -0.4 is 22.1 Å². The third-order valence-electron chi connectivity index (χ3n) is 6.81. The third kappa shape index (κ3) is 3.55. The molecule has 1 aromatic carbocycles. The van der Waals surface area contributed by atoms with Gasteiger partial charge in [0.05, 0.1) is 19.4 Å². The molecule has 1 aliphatic carbocycles. The number of rotatable bonds is 3. The molecule has 2 aromatic rings. The zero-order chi connectivity index (χ0) is 21.8. The maximum Gasteiger partial charge on any atom is 0.276 e. The second kappa shape index (κ2) is 7.54. The molecule has 6 N–H and O–H groups in total. The summed E-state index contributed by atoms with van der Waals surface area (Å²) in [6, 6.07) is 4.46. The molecule has 0 bridgehead atoms. The van der Waals surface area contributed by atoms with Gasteiger partial charge in [-0.3, -0.25) is 0 Å². The first kappa shape index (κ1) is 20.9. The largest absolute Gasteiger partial charge is 0.381 e. The summed E-state index contributed by atoms with van der Waals surface area (Å²) in [5.41, 5.74) is 18.9. The number of fused-ring (bicyclic) bond motifs is 1. The number of anilines is 2. The molecular weight excluding hydrogens is 422 g/mol. The summed E-state index contributed by atoms with van der Waals surface area (Å²) >= 11 is 1.11. The number of nitrogens with zero attached hydrogens (tertiary/aromatic N) is 3. The number of nitrogen functional groups attached to an aromatic ring is 1. The van der Waals surface area contributed by atoms with E-state index in [0.29, 0.717) is 34.5 Å². The highest BCUT2D eigenvalue weighted by Gasteiger charge is 2.46. The summed E-state index contributed by atoms with van der Waals surface area (Å²) in [5.74, 6) is -2.04. The fourth-order valence-corrected chi connectivity index (χ4v) is 5.89. The Morgan fingerprint density at radius 1 is 1.19 bits per heavy atom. The second-order valence-electron chi connectivity index (χ2n) is 8.73. The number of halogens is 2. The Morgan fingerprint density at radius 3 is 2.65 bits per heavy atom. The van der Waals surface area contributed by atoms with Gasteiger partial charge in [0.1, 0.15) is 10.8 Å². The molecule has 3 heterocycles. The molecule has 1 spiro atoms. The molecule has 0 radical (unpaired) electrons. The first-order chi connectivity index (χ1) is 14.8. The molecule has 2 fully saturated rings. The maximum absolute atomic E-state index is 14.5. The van der Waals surface area contributed by atoms with Crippen LogP contribution >= 0.6 is 11.8 Å². The molecule has 3 aliphatic rings. The topological polar surface area (TPSA) is 116 Å². The highest BCUT2D eigenvalue weighted by atomic mass is 32.2. The van der Waals surface area contributed by atoms with Crippen LogP contribution in [0.4, 0.5) is 20.4 Å². The molecule has 31 heavy (non-hydrogen) atoms. The number of aromatic nitrogens is 2. The van der Waals surface area contributed by atoms with E-state index < -0.39 is 12.0 Å². The quantitative estimate of drug-likeness (QED) is 0.656. The summed E-state index contributed by atoms with van der Waals surface area (Å²) in [6.07, 6.45) is 3.13. The van der Waals surface area contributed by atoms with Crippen LogP contribution in [0.2, 0.25) is 0 Å². The molecule has 0 saturated carbocycles. The van der Waals surface area contributed by atoms with Crippen LogP contribution in [0.1, 0.15) is 36.4 Å². The second-order valence-corrected chi connectivity index (χ2v) is 9.76. The maximum atomic E-state index is 14.5. The lowest BCUT2D eigenvalue weighted by molar-refractivity contribution is -0.00878. The van der Waals surface area contributed by atoms with Gasteiger partial charge in [0.15, 0.2) is 5.82 Å². The number of hydrogen-bond acceptors (Lipinski definition) is 8. The van der Waals surface area contributed by atoms with E-state index in [2.05, 4.69) is 14.9 Å². The van der Waals surface area contributed by atoms with Crippen molar-refractivity contribution in [1.29, 1.82) is 0 Å². The van der Waals surface area contributed by atoms with Crippen LogP contribution in [0.5, 0.6) is 0 Å². The molecule has 0 amide bonds. The van der Waals surface area contributed by atoms with E-state index in [0.717, 1.165) is 37.7 Å². The average Bonchev–Trinajstić information content (AvgIpc) is 3.20. The smallest absolute Gasteiger partial charge is 0.276 e. The molecule has 7 nitrogen and oxygen atoms in total. The van der Waals surface area contributed by atoms with Gasteiger partial charge in [-0.2, -0.15) is 0 Å². The van der Waals surface area contributed by atoms with Crippen molar-refractivity contribution >= 4 is 23.4 Å². The predicted molar refractivity (Wildman–Crippen MR) is 115 cm³/mol. The van der Waals surface area contributed by atoms with Crippen LogP contribution in [-0.4, -0.2) is 42.3 Å². The Balaban J connectivity index is 1.34. The van der Waals surface area contributed by atoms with E-state index in [1.54, 1.807) is 24.4 Å². The van der Waals surface area contributed by atoms with Gasteiger partial charge in [-0.05, 0) is 24.5 Å². The van der Waals surface area contributed by atoms with Crippen LogP contribution in [0.3, 0.4) is 0 Å². The zero-order valence-electron chi connectivity index (χ0n) is 17.1. The molecule has 2 aliphatic heterocycles. The Hall–Kier alpha value is -2.01. The highest BCUT2D eigenvalue weighted by molar-refractivity contribution is 7.99. The van der Waals surface area contributed by atoms with E-state index in [4.69, 9.17) is 21.9 Å². The molecule has 2 saturated heterocycles. The van der Waals surface area contributed by atoms with Gasteiger partial charge in [0.2, 0.25) is 0 Å². The van der Waals surface area contributed by atoms with Gasteiger partial charge < -0.3 is 26.8 Å². The van der Waals surface area contributed by atoms with Crippen molar-refractivity contribution in [2.24, 2.45) is 16.9 Å². The van der Waals surface area contributed by atoms with Crippen molar-refractivity contribution in [2.45, 2.75) is 47.2 Å². The fourth-order valence-electron chi connectivity index (χ4n) is 4.91. The summed E-state index contributed by atoms with van der Waals surface area (Å²) in [5, 5.41) is 0.410. The number of ether oxygens (including phenoxy) is 1. The lowest BCUT2D eigenvalue weighted by Gasteiger charge is -2.41. The average molecular weight is 449 g/mol. The SMILES string of the molecule is Nc1nc(N2CCC3(CC2)COC[C@H]3N)cnc1Sc1cccc2c1C(F)(F)CC2N. The molecule has 5 rings (SSSR count). The first-order valence-electron chi connectivity index (χ1n) is 10.4. The van der Waals surface area contributed by atoms with Crippen LogP contribution in [0.15, 0.2) is 34.3 Å². The van der Waals surface area contributed by atoms with Gasteiger partial charge in [-0.15, -0.1) is 0 Å². The van der Waals surface area contributed by atoms with E-state index in [-0.39, 0.29) is 29.3 Å². The summed E-state index contributed by atoms with van der Waals surface area (Å²) < 4.78 is 34.6. The van der Waals surface area contributed by atoms with Crippen LogP contribution in [0, 0.1) is 5.41 Å². The third-order valence-corrected chi connectivity index (χ3v) is 7.88. The van der Waals surface area contributed by atoms with E-state index in [1.165, 1.54) is 0 Å². The standard InChI is InChI=1S/C21H26F2N6OS/c22-21(23)8-13(24)12-2-1-3-14(17(12)21)31-19-18(26)28-16(9-27-19)29-6-4-20(5-7-29)11-30-10-15(20)25/h1-3,9,13,15H,4-8,10-11,24-25H2,(H2,26,28)/t13?,15-/m1/s1. The van der Waals surface area contributed by atoms with E-state index in [1.807, 2.05) is 0 Å². The van der Waals surface area contributed by atoms with Gasteiger partial charge >= 0.3 is 0 Å². The lowest BCUT2D eigenvalue weighted by Crippen LogP contribution is -2.49. The Labute approximate surface area is 183 Å². The van der Waals surface area contributed by atoms with Gasteiger partial charge in [0, 0.05) is 47.5 Å². The number of benzene rings is 1. The zero-order valence-corrected chi connectivity index (χ0v) is 17.9. The fraction of sp³-hybridized carbons (Fsp3) is 0.524. The minimum absolute atomic E-state index is 0.0192. The van der Waals surface area contributed by atoms with E-state index >= 15 is 0 Å². The molecule has 1 unspecified atom stereocenters. The Kier molecular flexibility index (Phi) is 5.08. The lowest BCUT2D eigenvalue weighted by atomic mass is 9.75. The minimum atomic E-state index is -2.96. The van der Waals surface area contributed by atoms with Gasteiger partial charge in [-0.1, -0.05) is 23.9 Å². The van der Waals surface area contributed by atoms with Crippen LogP contribution in [0.25, 0.3) is 0 Å². The summed E-state index contributed by atoms with van der Waals surface area (Å²) in [6.45, 7) is 2.93. The number of nitrogens with two attached hydrogens (primary N) is 3. The number of piperidine rings is 1. The number of hydrogen-bond donors (Lipinski definition) is 3. The van der Waals surface area contributed by atoms with E-state index in [9.17, 15) is 8.78 Å². The minimum Gasteiger partial charge on any atom is -0.381 e. The predicted octanol–water partition coefficient (Wildman–Crippen LogP) is 2.65. The summed E-state index contributed by atoms with van der Waals surface area (Å²) in [4.78, 5) is 11.5. The Bertz CT molecular complexity index is 998. The molecular formula is C21H26F2N6OS. The molecule has 2 atom stereocenters. The van der Waals surface area contributed by atoms with Crippen molar-refractivity contribution in [3.8, 4) is 0 Å². The van der Waals surface area contributed by atoms with Crippen LogP contribution in [-0.2, 0) is 10.7 Å².